The highest BCUT2D eigenvalue weighted by molar-refractivity contribution is 6.00. The summed E-state index contributed by atoms with van der Waals surface area (Å²) in [5.41, 5.74) is 1.57. The van der Waals surface area contributed by atoms with Crippen LogP contribution in [0.4, 0.5) is 0 Å². The number of morpholine rings is 1. The maximum atomic E-state index is 12.2. The molecule has 3 aliphatic rings. The third kappa shape index (κ3) is 2.69. The minimum atomic E-state index is -1.10. The van der Waals surface area contributed by atoms with E-state index in [2.05, 4.69) is 5.32 Å². The van der Waals surface area contributed by atoms with Gasteiger partial charge in [0.25, 0.3) is 0 Å². The molecule has 0 spiro atoms. The Bertz CT molecular complexity index is 589. The average molecular weight is 322 g/mol. The van der Waals surface area contributed by atoms with Crippen LogP contribution in [0.15, 0.2) is 22.9 Å². The van der Waals surface area contributed by atoms with E-state index in [-0.39, 0.29) is 23.7 Å². The average Bonchev–Trinajstić information content (AvgIpc) is 2.83. The lowest BCUT2D eigenvalue weighted by atomic mass is 9.82. The summed E-state index contributed by atoms with van der Waals surface area (Å²) >= 11 is 0. The molecule has 0 aromatic carbocycles. The first-order chi connectivity index (χ1) is 10.9. The van der Waals surface area contributed by atoms with E-state index >= 15 is 0 Å². The lowest BCUT2D eigenvalue weighted by molar-refractivity contribution is -0.161. The number of hydrogen-bond acceptors (Lipinski definition) is 5. The number of carbonyl (C=O) groups excluding carboxylic acids is 1. The third-order valence-corrected chi connectivity index (χ3v) is 4.81. The Hall–Kier alpha value is -1.70. The molecule has 126 valence electrons. The van der Waals surface area contributed by atoms with Crippen molar-refractivity contribution >= 4 is 11.9 Å². The van der Waals surface area contributed by atoms with E-state index in [9.17, 15) is 19.8 Å². The van der Waals surface area contributed by atoms with Crippen molar-refractivity contribution in [3.8, 4) is 0 Å². The van der Waals surface area contributed by atoms with Gasteiger partial charge in [0.2, 0.25) is 5.91 Å². The molecule has 0 aromatic heterocycles. The molecule has 3 heterocycles. The number of allylic oxidation sites excluding steroid dienone is 1. The number of aliphatic hydroxyl groups excluding tert-OH is 1. The zero-order valence-corrected chi connectivity index (χ0v) is 13.3. The van der Waals surface area contributed by atoms with Gasteiger partial charge in [0, 0.05) is 12.6 Å². The second-order valence-electron chi connectivity index (χ2n) is 6.36. The predicted molar refractivity (Wildman–Crippen MR) is 81.5 cm³/mol. The van der Waals surface area contributed by atoms with Gasteiger partial charge >= 0.3 is 5.97 Å². The summed E-state index contributed by atoms with van der Waals surface area (Å²) in [6.07, 6.45) is 1.67. The number of β-lactam (4-membered cyclic amide) rings is 1. The Labute approximate surface area is 134 Å². The molecular weight excluding hydrogens is 300 g/mol. The Morgan fingerprint density at radius 3 is 2.83 bits per heavy atom. The molecule has 0 radical (unpaired) electrons. The molecule has 0 unspecified atom stereocenters. The number of carboxylic acids is 1. The topological polar surface area (TPSA) is 99.1 Å². The fourth-order valence-electron chi connectivity index (χ4n) is 3.72. The number of carbonyl (C=O) groups is 2. The summed E-state index contributed by atoms with van der Waals surface area (Å²) in [4.78, 5) is 25.1. The van der Waals surface area contributed by atoms with Crippen LogP contribution in [-0.2, 0) is 14.3 Å². The number of rotatable bonds is 4. The van der Waals surface area contributed by atoms with E-state index < -0.39 is 18.0 Å². The number of hydrogen-bond donors (Lipinski definition) is 3. The van der Waals surface area contributed by atoms with Crippen molar-refractivity contribution in [1.29, 1.82) is 0 Å². The van der Waals surface area contributed by atoms with Crippen molar-refractivity contribution in [2.75, 3.05) is 19.8 Å². The first kappa shape index (κ1) is 16.2. The van der Waals surface area contributed by atoms with Crippen LogP contribution in [0, 0.1) is 5.92 Å². The van der Waals surface area contributed by atoms with Crippen LogP contribution < -0.4 is 5.32 Å². The number of nitrogens with one attached hydrogen (secondary N) is 1. The molecule has 2 fully saturated rings. The van der Waals surface area contributed by atoms with Gasteiger partial charge in [-0.15, -0.1) is 0 Å². The second-order valence-corrected chi connectivity index (χ2v) is 6.36. The van der Waals surface area contributed by atoms with Gasteiger partial charge in [0.1, 0.15) is 5.70 Å². The molecular formula is C16H22N2O5. The zero-order chi connectivity index (χ0) is 16.7. The van der Waals surface area contributed by atoms with E-state index in [4.69, 9.17) is 4.74 Å². The number of nitrogens with zero attached hydrogens (tertiary/aromatic N) is 1. The van der Waals surface area contributed by atoms with Crippen molar-refractivity contribution in [3.05, 3.63) is 22.9 Å². The van der Waals surface area contributed by atoms with Gasteiger partial charge in [-0.2, -0.15) is 0 Å². The van der Waals surface area contributed by atoms with E-state index in [0.29, 0.717) is 25.2 Å². The number of ether oxygens (including phenoxy) is 1. The Morgan fingerprint density at radius 1 is 1.52 bits per heavy atom. The largest absolute Gasteiger partial charge is 0.477 e. The van der Waals surface area contributed by atoms with E-state index in [1.54, 1.807) is 6.92 Å². The molecule has 4 atom stereocenters. The molecule has 23 heavy (non-hydrogen) atoms. The van der Waals surface area contributed by atoms with Crippen LogP contribution in [0.1, 0.15) is 20.3 Å². The van der Waals surface area contributed by atoms with Crippen LogP contribution >= 0.6 is 0 Å². The standard InChI is InChI=1S/C16H22N2O5/c1-8(5-10-7-23-4-3-17-10)11-6-12-13(9(2)19)15(20)18(12)14(11)16(21)22/h5,9-10,12-13,17,19H,3-4,6-7H2,1-2H3,(H,21,22)/b8-5+/t9-,10-,12-,13-/m1/s1. The van der Waals surface area contributed by atoms with E-state index in [1.807, 2.05) is 13.0 Å². The third-order valence-electron chi connectivity index (χ3n) is 4.81. The van der Waals surface area contributed by atoms with E-state index in [0.717, 1.165) is 12.1 Å². The highest BCUT2D eigenvalue weighted by Crippen LogP contribution is 2.45. The molecule has 0 bridgehead atoms. The van der Waals surface area contributed by atoms with Crippen molar-refractivity contribution in [2.24, 2.45) is 5.92 Å². The molecule has 0 aromatic rings. The lowest BCUT2D eigenvalue weighted by Crippen LogP contribution is -2.61. The van der Waals surface area contributed by atoms with Gasteiger partial charge in [0.15, 0.2) is 0 Å². The Morgan fingerprint density at radius 2 is 2.26 bits per heavy atom. The molecule has 7 heteroatoms. The summed E-state index contributed by atoms with van der Waals surface area (Å²) in [5.74, 6) is -1.91. The number of amides is 1. The minimum absolute atomic E-state index is 0.0443. The van der Waals surface area contributed by atoms with Crippen LogP contribution in [0.3, 0.4) is 0 Å². The molecule has 0 saturated carbocycles. The Balaban J connectivity index is 1.87. The summed E-state index contributed by atoms with van der Waals surface area (Å²) in [7, 11) is 0. The van der Waals surface area contributed by atoms with Crippen molar-refractivity contribution < 1.29 is 24.5 Å². The molecule has 3 rings (SSSR count). The molecule has 2 saturated heterocycles. The summed E-state index contributed by atoms with van der Waals surface area (Å²) in [5, 5.41) is 22.6. The van der Waals surface area contributed by atoms with Gasteiger partial charge in [-0.1, -0.05) is 6.08 Å². The van der Waals surface area contributed by atoms with E-state index in [1.165, 1.54) is 4.90 Å². The quantitative estimate of drug-likeness (QED) is 0.624. The Kier molecular flexibility index (Phi) is 4.27. The van der Waals surface area contributed by atoms with Crippen LogP contribution in [0.25, 0.3) is 0 Å². The molecule has 1 amide bonds. The summed E-state index contributed by atoms with van der Waals surface area (Å²) < 4.78 is 5.40. The lowest BCUT2D eigenvalue weighted by Gasteiger charge is -2.44. The normalized spacial score (nSPS) is 32.7. The van der Waals surface area contributed by atoms with Gasteiger partial charge < -0.3 is 25.2 Å². The molecule has 0 aliphatic carbocycles. The van der Waals surface area contributed by atoms with Gasteiger partial charge in [-0.05, 0) is 31.4 Å². The zero-order valence-electron chi connectivity index (χ0n) is 13.3. The SMILES string of the molecule is C/C(=C\[C@@H]1COCCN1)C1=C(C(=O)O)N2C(=O)[C@H]([C@@H](C)O)[C@H]2C1. The van der Waals surface area contributed by atoms with Gasteiger partial charge in [-0.3, -0.25) is 4.79 Å². The second kappa shape index (κ2) is 6.07. The van der Waals surface area contributed by atoms with Crippen LogP contribution in [-0.4, -0.2) is 64.9 Å². The number of fused-ring (bicyclic) bond motifs is 1. The van der Waals surface area contributed by atoms with Crippen molar-refractivity contribution in [2.45, 2.75) is 38.5 Å². The first-order valence-corrected chi connectivity index (χ1v) is 7.89. The smallest absolute Gasteiger partial charge is 0.352 e. The monoisotopic (exact) mass is 322 g/mol. The maximum absolute atomic E-state index is 12.2. The number of aliphatic carboxylic acids is 1. The molecule has 7 nitrogen and oxygen atoms in total. The van der Waals surface area contributed by atoms with Crippen LogP contribution in [0.5, 0.6) is 0 Å². The molecule has 3 aliphatic heterocycles. The van der Waals surface area contributed by atoms with Gasteiger partial charge in [-0.25, -0.2) is 4.79 Å². The summed E-state index contributed by atoms with van der Waals surface area (Å²) in [6.45, 7) is 5.42. The fraction of sp³-hybridized carbons (Fsp3) is 0.625. The first-order valence-electron chi connectivity index (χ1n) is 7.89. The fourth-order valence-corrected chi connectivity index (χ4v) is 3.72. The highest BCUT2D eigenvalue weighted by atomic mass is 16.5. The highest BCUT2D eigenvalue weighted by Gasteiger charge is 2.56. The summed E-state index contributed by atoms with van der Waals surface area (Å²) in [6, 6.07) is -0.203. The van der Waals surface area contributed by atoms with Crippen molar-refractivity contribution in [3.63, 3.8) is 0 Å². The minimum Gasteiger partial charge on any atom is -0.477 e. The van der Waals surface area contributed by atoms with Crippen molar-refractivity contribution in [1.82, 2.24) is 10.2 Å². The number of carboxylic acid groups (broad SMARTS) is 1. The number of aliphatic hydroxyl groups is 1. The maximum Gasteiger partial charge on any atom is 0.352 e. The molecule has 3 N–H and O–H groups in total. The van der Waals surface area contributed by atoms with Gasteiger partial charge in [0.05, 0.1) is 31.3 Å². The van der Waals surface area contributed by atoms with Crippen LogP contribution in [0.2, 0.25) is 0 Å². The predicted octanol–water partition coefficient (Wildman–Crippen LogP) is -0.129.